The molecule has 0 fully saturated rings. The first kappa shape index (κ1) is 13.4. The number of aromatic nitrogens is 2. The number of rotatable bonds is 3. The fourth-order valence-electron chi connectivity index (χ4n) is 1.75. The number of carbonyl (C=O) groups excluding carboxylic acids is 1. The highest BCUT2D eigenvalue weighted by atomic mass is 32.1. The molecule has 0 N–H and O–H groups in total. The van der Waals surface area contributed by atoms with Gasteiger partial charge in [-0.15, -0.1) is 0 Å². The van der Waals surface area contributed by atoms with Crippen LogP contribution >= 0.6 is 12.2 Å². The topological polar surface area (TPSA) is 44.1 Å². The second kappa shape index (κ2) is 5.75. The second-order valence-corrected chi connectivity index (χ2v) is 4.37. The summed E-state index contributed by atoms with van der Waals surface area (Å²) >= 11 is 5.16. The van der Waals surface area contributed by atoms with Crippen LogP contribution in [0.3, 0.4) is 0 Å². The number of ether oxygens (including phenoxy) is 1. The first-order valence-corrected chi connectivity index (χ1v) is 6.34. The van der Waals surface area contributed by atoms with Crippen LogP contribution in [0, 0.1) is 4.64 Å². The van der Waals surface area contributed by atoms with Crippen molar-refractivity contribution in [2.45, 2.75) is 6.92 Å². The second-order valence-electron chi connectivity index (χ2n) is 3.98. The Bertz CT molecular complexity index is 650. The lowest BCUT2D eigenvalue weighted by atomic mass is 10.2. The van der Waals surface area contributed by atoms with E-state index in [2.05, 4.69) is 4.98 Å². The van der Waals surface area contributed by atoms with Crippen LogP contribution in [-0.4, -0.2) is 22.1 Å². The van der Waals surface area contributed by atoms with E-state index >= 15 is 0 Å². The van der Waals surface area contributed by atoms with Crippen LogP contribution in [0.2, 0.25) is 0 Å². The summed E-state index contributed by atoms with van der Waals surface area (Å²) in [5.74, 6) is 0.286. The van der Waals surface area contributed by atoms with Gasteiger partial charge < -0.3 is 9.30 Å². The molecule has 0 spiro atoms. The van der Waals surface area contributed by atoms with Crippen LogP contribution in [0.4, 0.5) is 0 Å². The van der Waals surface area contributed by atoms with E-state index < -0.39 is 5.97 Å². The molecular weight excluding hydrogens is 260 g/mol. The van der Waals surface area contributed by atoms with Crippen molar-refractivity contribution in [2.24, 2.45) is 7.05 Å². The Kier molecular flexibility index (Phi) is 4.06. The van der Waals surface area contributed by atoms with E-state index in [1.165, 1.54) is 0 Å². The summed E-state index contributed by atoms with van der Waals surface area (Å²) in [5.41, 5.74) is 1.27. The lowest BCUT2D eigenvalue weighted by Crippen LogP contribution is -2.11. The third kappa shape index (κ3) is 2.88. The molecule has 0 saturated heterocycles. The molecule has 2 rings (SSSR count). The lowest BCUT2D eigenvalue weighted by Gasteiger charge is -2.10. The minimum absolute atomic E-state index is 0.260. The van der Waals surface area contributed by atoms with Crippen molar-refractivity contribution < 1.29 is 9.53 Å². The highest BCUT2D eigenvalue weighted by molar-refractivity contribution is 7.71. The molecule has 19 heavy (non-hydrogen) atoms. The third-order valence-corrected chi connectivity index (χ3v) is 2.93. The monoisotopic (exact) mass is 274 g/mol. The molecule has 0 radical (unpaired) electrons. The number of benzene rings is 1. The van der Waals surface area contributed by atoms with E-state index in [1.807, 2.05) is 37.4 Å². The van der Waals surface area contributed by atoms with E-state index in [0.717, 1.165) is 11.4 Å². The normalized spacial score (nSPS) is 10.2. The Labute approximate surface area is 116 Å². The maximum absolute atomic E-state index is 11.7. The van der Waals surface area contributed by atoms with Crippen molar-refractivity contribution in [1.82, 2.24) is 9.55 Å². The van der Waals surface area contributed by atoms with Crippen molar-refractivity contribution >= 4 is 18.2 Å². The van der Waals surface area contributed by atoms with Gasteiger partial charge in [0, 0.05) is 18.8 Å². The van der Waals surface area contributed by atoms with E-state index in [9.17, 15) is 4.79 Å². The largest absolute Gasteiger partial charge is 0.462 e. The molecule has 1 aromatic carbocycles. The molecule has 0 aliphatic rings. The molecule has 2 aromatic rings. The zero-order valence-electron chi connectivity index (χ0n) is 10.8. The number of hydrogen-bond donors (Lipinski definition) is 0. The van der Waals surface area contributed by atoms with Gasteiger partial charge in [0.1, 0.15) is 16.0 Å². The predicted octanol–water partition coefficient (Wildman–Crippen LogP) is 2.99. The minimum Gasteiger partial charge on any atom is -0.462 e. The summed E-state index contributed by atoms with van der Waals surface area (Å²) in [6.45, 7) is 2.07. The molecule has 1 aromatic heterocycles. The van der Waals surface area contributed by atoms with Crippen LogP contribution in [0.15, 0.2) is 36.5 Å². The van der Waals surface area contributed by atoms with Gasteiger partial charge in [0.05, 0.1) is 6.61 Å². The summed E-state index contributed by atoms with van der Waals surface area (Å²) in [6, 6.07) is 9.69. The molecule has 98 valence electrons. The van der Waals surface area contributed by atoms with Crippen LogP contribution in [0.1, 0.15) is 17.3 Å². The Morgan fingerprint density at radius 1 is 1.37 bits per heavy atom. The molecule has 1 heterocycles. The molecule has 0 aliphatic carbocycles. The Morgan fingerprint density at radius 3 is 2.68 bits per heavy atom. The molecule has 0 saturated carbocycles. The van der Waals surface area contributed by atoms with Gasteiger partial charge in [-0.1, -0.05) is 42.5 Å². The smallest absolute Gasteiger partial charge is 0.342 e. The maximum atomic E-state index is 11.7. The average Bonchev–Trinajstić information content (AvgIpc) is 2.42. The lowest BCUT2D eigenvalue weighted by molar-refractivity contribution is 0.0524. The fourth-order valence-corrected chi connectivity index (χ4v) is 1.97. The molecule has 5 heteroatoms. The highest BCUT2D eigenvalue weighted by Crippen LogP contribution is 2.17. The maximum Gasteiger partial charge on any atom is 0.342 e. The molecule has 0 aliphatic heterocycles. The number of carbonyl (C=O) groups is 1. The SMILES string of the molecule is CCOC(=O)c1cn(C)c(-c2ccccc2)nc1=S. The zero-order valence-corrected chi connectivity index (χ0v) is 11.6. The van der Waals surface area contributed by atoms with Crippen molar-refractivity contribution in [3.63, 3.8) is 0 Å². The van der Waals surface area contributed by atoms with Gasteiger partial charge in [-0.2, -0.15) is 0 Å². The van der Waals surface area contributed by atoms with Crippen molar-refractivity contribution in [1.29, 1.82) is 0 Å². The van der Waals surface area contributed by atoms with Gasteiger partial charge in [0.25, 0.3) is 0 Å². The summed E-state index contributed by atoms with van der Waals surface area (Å²) in [6.07, 6.45) is 1.66. The third-order valence-electron chi connectivity index (χ3n) is 2.62. The van der Waals surface area contributed by atoms with Crippen LogP contribution in [-0.2, 0) is 11.8 Å². The van der Waals surface area contributed by atoms with E-state index in [-0.39, 0.29) is 4.64 Å². The molecule has 0 amide bonds. The quantitative estimate of drug-likeness (QED) is 0.637. The van der Waals surface area contributed by atoms with Gasteiger partial charge in [-0.25, -0.2) is 9.78 Å². The minimum atomic E-state index is -0.435. The van der Waals surface area contributed by atoms with Crippen LogP contribution < -0.4 is 0 Å². The predicted molar refractivity (Wildman–Crippen MR) is 75.4 cm³/mol. The Hall–Kier alpha value is -2.01. The molecule has 0 atom stereocenters. The molecular formula is C14H14N2O2S. The van der Waals surface area contributed by atoms with Gasteiger partial charge >= 0.3 is 5.97 Å². The van der Waals surface area contributed by atoms with E-state index in [0.29, 0.717) is 12.2 Å². The van der Waals surface area contributed by atoms with Gasteiger partial charge in [0.2, 0.25) is 0 Å². The Balaban J connectivity index is 2.49. The zero-order chi connectivity index (χ0) is 13.8. The summed E-state index contributed by atoms with van der Waals surface area (Å²) in [5, 5.41) is 0. The summed E-state index contributed by atoms with van der Waals surface area (Å²) in [7, 11) is 1.83. The first-order valence-electron chi connectivity index (χ1n) is 5.93. The standard InChI is InChI=1S/C14H14N2O2S/c1-3-18-14(17)11-9-16(2)12(15-13(11)19)10-7-5-4-6-8-10/h4-9H,3H2,1-2H3. The van der Waals surface area contributed by atoms with Crippen molar-refractivity contribution in [2.75, 3.05) is 6.61 Å². The number of esters is 1. The average molecular weight is 274 g/mol. The van der Waals surface area contributed by atoms with Crippen LogP contribution in [0.25, 0.3) is 11.4 Å². The molecule has 0 unspecified atom stereocenters. The van der Waals surface area contributed by atoms with Gasteiger partial charge in [-0.05, 0) is 6.92 Å². The number of nitrogens with zero attached hydrogens (tertiary/aromatic N) is 2. The molecule has 4 nitrogen and oxygen atoms in total. The summed E-state index contributed by atoms with van der Waals surface area (Å²) in [4.78, 5) is 16.0. The summed E-state index contributed by atoms with van der Waals surface area (Å²) < 4.78 is 6.99. The highest BCUT2D eigenvalue weighted by Gasteiger charge is 2.13. The van der Waals surface area contributed by atoms with Gasteiger partial charge in [0.15, 0.2) is 0 Å². The van der Waals surface area contributed by atoms with Crippen LogP contribution in [0.5, 0.6) is 0 Å². The van der Waals surface area contributed by atoms with Crippen molar-refractivity contribution in [3.05, 3.63) is 46.7 Å². The first-order chi connectivity index (χ1) is 9.13. The van der Waals surface area contributed by atoms with E-state index in [4.69, 9.17) is 17.0 Å². The number of aryl methyl sites for hydroxylation is 1. The van der Waals surface area contributed by atoms with Gasteiger partial charge in [-0.3, -0.25) is 0 Å². The van der Waals surface area contributed by atoms with E-state index in [1.54, 1.807) is 17.7 Å². The number of hydrogen-bond acceptors (Lipinski definition) is 4. The Morgan fingerprint density at radius 2 is 2.05 bits per heavy atom. The fraction of sp³-hybridized carbons (Fsp3) is 0.214. The van der Waals surface area contributed by atoms with Crippen molar-refractivity contribution in [3.8, 4) is 11.4 Å². The molecule has 0 bridgehead atoms.